The van der Waals surface area contributed by atoms with E-state index in [9.17, 15) is 9.90 Å². The Labute approximate surface area is 257 Å². The summed E-state index contributed by atoms with van der Waals surface area (Å²) < 4.78 is 4.66. The summed E-state index contributed by atoms with van der Waals surface area (Å²) in [4.78, 5) is 17.0. The molecule has 0 saturated heterocycles. The predicted molar refractivity (Wildman–Crippen MR) is 180 cm³/mol. The highest BCUT2D eigenvalue weighted by atomic mass is 32.2. The van der Waals surface area contributed by atoms with Gasteiger partial charge in [-0.3, -0.25) is 0 Å². The summed E-state index contributed by atoms with van der Waals surface area (Å²) in [5.74, 6) is 2.42. The minimum absolute atomic E-state index is 0.315. The molecule has 0 saturated carbocycles. The Kier molecular flexibility index (Phi) is 8.39. The van der Waals surface area contributed by atoms with Crippen LogP contribution in [0.4, 0.5) is 0 Å². The second-order valence-electron chi connectivity index (χ2n) is 11.2. The Bertz CT molecular complexity index is 1920. The first kappa shape index (κ1) is 28.8. The molecule has 6 heteroatoms. The van der Waals surface area contributed by atoms with Crippen molar-refractivity contribution in [2.75, 3.05) is 11.5 Å². The molecule has 2 heterocycles. The van der Waals surface area contributed by atoms with Gasteiger partial charge in [0.05, 0.1) is 16.6 Å². The molecule has 0 fully saturated rings. The van der Waals surface area contributed by atoms with Crippen molar-refractivity contribution >= 4 is 39.7 Å². The number of hydrogen-bond donors (Lipinski definition) is 1. The average molecular weight is 588 g/mol. The summed E-state index contributed by atoms with van der Waals surface area (Å²) >= 11 is 2.00. The van der Waals surface area contributed by atoms with Crippen LogP contribution in [0.2, 0.25) is 0 Å². The van der Waals surface area contributed by atoms with Gasteiger partial charge >= 0.3 is 5.97 Å². The number of thioether (sulfide) groups is 1. The van der Waals surface area contributed by atoms with Gasteiger partial charge in [0.25, 0.3) is 0 Å². The van der Waals surface area contributed by atoms with Crippen molar-refractivity contribution in [1.29, 1.82) is 0 Å². The molecule has 0 unspecified atom stereocenters. The minimum atomic E-state index is -0.914. The lowest BCUT2D eigenvalue weighted by Crippen LogP contribution is -2.07. The Balaban J connectivity index is 1.39. The fraction of sp³-hybridized carbons (Fsp3) is 0.243. The van der Waals surface area contributed by atoms with E-state index in [1.165, 1.54) is 46.3 Å². The number of hydrogen-bond acceptors (Lipinski definition) is 3. The van der Waals surface area contributed by atoms with E-state index in [4.69, 9.17) is 4.98 Å². The number of benzene rings is 4. The molecule has 0 aliphatic rings. The molecule has 43 heavy (non-hydrogen) atoms. The largest absolute Gasteiger partial charge is 0.478 e. The van der Waals surface area contributed by atoms with E-state index < -0.39 is 5.97 Å². The van der Waals surface area contributed by atoms with E-state index >= 15 is 0 Å². The molecule has 0 aliphatic carbocycles. The van der Waals surface area contributed by atoms with E-state index in [0.717, 1.165) is 45.7 Å². The van der Waals surface area contributed by atoms with Crippen LogP contribution in [0.15, 0.2) is 91.0 Å². The molecule has 218 valence electrons. The van der Waals surface area contributed by atoms with Crippen molar-refractivity contribution in [2.24, 2.45) is 7.05 Å². The van der Waals surface area contributed by atoms with Crippen LogP contribution in [0.3, 0.4) is 0 Å². The molecule has 6 aromatic rings. The maximum absolute atomic E-state index is 11.8. The number of fused-ring (bicyclic) bond motifs is 2. The standard InChI is InChI=1S/C37H37N3O2S/c1-4-5-19-43-20-18-35-38-36-25(2)21-29(33-22-28-10-6-9-13-32(28)39(33)3)23-34(36)40(35)24-26-14-16-27(17-15-26)30-11-7-8-12-31(30)37(41)42/h6-17,21-23H,4-5,18-20,24H2,1-3H3,(H,41,42). The first-order chi connectivity index (χ1) is 20.9. The van der Waals surface area contributed by atoms with Crippen molar-refractivity contribution < 1.29 is 9.90 Å². The second kappa shape index (κ2) is 12.5. The van der Waals surface area contributed by atoms with Crippen molar-refractivity contribution in [3.8, 4) is 22.4 Å². The fourth-order valence-corrected chi connectivity index (χ4v) is 6.95. The number of nitrogens with zero attached hydrogens (tertiary/aromatic N) is 3. The summed E-state index contributed by atoms with van der Waals surface area (Å²) in [6, 6.07) is 30.8. The maximum atomic E-state index is 11.8. The van der Waals surface area contributed by atoms with Gasteiger partial charge in [-0.25, -0.2) is 9.78 Å². The van der Waals surface area contributed by atoms with Gasteiger partial charge in [-0.15, -0.1) is 0 Å². The molecular formula is C37H37N3O2S. The number of unbranched alkanes of at least 4 members (excludes halogenated alkanes) is 1. The molecule has 0 bridgehead atoms. The third kappa shape index (κ3) is 5.84. The number of imidazole rings is 1. The van der Waals surface area contributed by atoms with Crippen LogP contribution in [0.25, 0.3) is 44.3 Å². The van der Waals surface area contributed by atoms with Crippen LogP contribution in [0.1, 0.15) is 47.1 Å². The van der Waals surface area contributed by atoms with E-state index in [-0.39, 0.29) is 0 Å². The van der Waals surface area contributed by atoms with Crippen LogP contribution in [0, 0.1) is 6.92 Å². The molecule has 0 aliphatic heterocycles. The highest BCUT2D eigenvalue weighted by Gasteiger charge is 2.17. The minimum Gasteiger partial charge on any atom is -0.478 e. The zero-order chi connectivity index (χ0) is 29.9. The molecule has 6 rings (SSSR count). The summed E-state index contributed by atoms with van der Waals surface area (Å²) in [5.41, 5.74) is 10.1. The molecule has 0 spiro atoms. The fourth-order valence-electron chi connectivity index (χ4n) is 5.93. The number of carboxylic acid groups (broad SMARTS) is 1. The summed E-state index contributed by atoms with van der Waals surface area (Å²) in [6.45, 7) is 5.10. The van der Waals surface area contributed by atoms with Crippen LogP contribution in [0.5, 0.6) is 0 Å². The van der Waals surface area contributed by atoms with Gasteiger partial charge in [0.1, 0.15) is 5.82 Å². The number of carbonyl (C=O) groups is 1. The monoisotopic (exact) mass is 587 g/mol. The van der Waals surface area contributed by atoms with Crippen molar-refractivity contribution in [1.82, 2.24) is 14.1 Å². The molecule has 2 aromatic heterocycles. The van der Waals surface area contributed by atoms with Gasteiger partial charge in [0.15, 0.2) is 0 Å². The number of aromatic nitrogens is 3. The molecule has 1 N–H and O–H groups in total. The maximum Gasteiger partial charge on any atom is 0.336 e. The van der Waals surface area contributed by atoms with E-state index in [2.05, 4.69) is 84.6 Å². The zero-order valence-electron chi connectivity index (χ0n) is 25.0. The smallest absolute Gasteiger partial charge is 0.336 e. The van der Waals surface area contributed by atoms with Crippen LogP contribution >= 0.6 is 11.8 Å². The van der Waals surface area contributed by atoms with E-state index in [1.54, 1.807) is 12.1 Å². The molecule has 0 radical (unpaired) electrons. The Morgan fingerprint density at radius 3 is 2.42 bits per heavy atom. The van der Waals surface area contributed by atoms with Crippen LogP contribution < -0.4 is 0 Å². The SMILES string of the molecule is CCCCSCCc1nc2c(C)cc(-c3cc4ccccc4n3C)cc2n1Cc1ccc(-c2ccccc2C(=O)O)cc1. The summed E-state index contributed by atoms with van der Waals surface area (Å²) in [7, 11) is 2.14. The second-order valence-corrected chi connectivity index (χ2v) is 12.4. The molecular weight excluding hydrogens is 550 g/mol. The predicted octanol–water partition coefficient (Wildman–Crippen LogP) is 8.99. The van der Waals surface area contributed by atoms with E-state index in [0.29, 0.717) is 12.1 Å². The van der Waals surface area contributed by atoms with Crippen molar-refractivity contribution in [2.45, 2.75) is 39.7 Å². The van der Waals surface area contributed by atoms with E-state index in [1.807, 2.05) is 36.0 Å². The normalized spacial score (nSPS) is 11.5. The van der Waals surface area contributed by atoms with Gasteiger partial charge in [-0.1, -0.05) is 74.0 Å². The lowest BCUT2D eigenvalue weighted by atomic mass is 9.98. The van der Waals surface area contributed by atoms with Crippen LogP contribution in [-0.4, -0.2) is 36.7 Å². The Hall–Kier alpha value is -4.29. The van der Waals surface area contributed by atoms with Gasteiger partial charge in [-0.2, -0.15) is 11.8 Å². The van der Waals surface area contributed by atoms with Crippen LogP contribution in [-0.2, 0) is 20.0 Å². The molecule has 5 nitrogen and oxygen atoms in total. The third-order valence-electron chi connectivity index (χ3n) is 8.25. The van der Waals surface area contributed by atoms with Gasteiger partial charge in [-0.05, 0) is 71.7 Å². The van der Waals surface area contributed by atoms with Crippen molar-refractivity contribution in [3.63, 3.8) is 0 Å². The first-order valence-electron chi connectivity index (χ1n) is 15.0. The average Bonchev–Trinajstić information content (AvgIpc) is 3.55. The lowest BCUT2D eigenvalue weighted by molar-refractivity contribution is 0.0697. The quantitative estimate of drug-likeness (QED) is 0.154. The lowest BCUT2D eigenvalue weighted by Gasteiger charge is -2.13. The highest BCUT2D eigenvalue weighted by molar-refractivity contribution is 7.99. The number of para-hydroxylation sites is 1. The molecule has 0 amide bonds. The highest BCUT2D eigenvalue weighted by Crippen LogP contribution is 2.33. The number of rotatable bonds is 11. The van der Waals surface area contributed by atoms with Gasteiger partial charge in [0.2, 0.25) is 0 Å². The number of carboxylic acids is 1. The zero-order valence-corrected chi connectivity index (χ0v) is 25.8. The Morgan fingerprint density at radius 1 is 0.884 bits per heavy atom. The van der Waals surface area contributed by atoms with Gasteiger partial charge < -0.3 is 14.2 Å². The summed E-state index contributed by atoms with van der Waals surface area (Å²) in [6.07, 6.45) is 3.37. The number of aryl methyl sites for hydroxylation is 3. The first-order valence-corrected chi connectivity index (χ1v) is 16.1. The molecule has 0 atom stereocenters. The van der Waals surface area contributed by atoms with Gasteiger partial charge in [0, 0.05) is 47.9 Å². The number of aromatic carboxylic acids is 1. The third-order valence-corrected chi connectivity index (χ3v) is 9.32. The Morgan fingerprint density at radius 2 is 1.65 bits per heavy atom. The summed E-state index contributed by atoms with van der Waals surface area (Å²) in [5, 5.41) is 10.9. The molecule has 4 aromatic carbocycles. The van der Waals surface area contributed by atoms with Crippen molar-refractivity contribution in [3.05, 3.63) is 114 Å². The topological polar surface area (TPSA) is 60.0 Å².